The van der Waals surface area contributed by atoms with Crippen LogP contribution >= 0.6 is 11.6 Å². The lowest BCUT2D eigenvalue weighted by Crippen LogP contribution is -2.56. The van der Waals surface area contributed by atoms with E-state index < -0.39 is 23.8 Å². The van der Waals surface area contributed by atoms with Crippen LogP contribution in [0.15, 0.2) is 0 Å². The van der Waals surface area contributed by atoms with Gasteiger partial charge in [-0.3, -0.25) is 0 Å². The zero-order valence-electron chi connectivity index (χ0n) is 5.81. The standard InChI is InChI=1S/C6H10ClNO3/c7-3-4(8)5(9)2-1-10-6(3)11-2/h2-6,9H,1,8H2. The number of hydrogen-bond acceptors (Lipinski definition) is 4. The molecule has 2 aliphatic rings. The first-order valence-corrected chi connectivity index (χ1v) is 3.98. The van der Waals surface area contributed by atoms with E-state index in [9.17, 15) is 5.11 Å². The van der Waals surface area contributed by atoms with E-state index in [2.05, 4.69) is 0 Å². The van der Waals surface area contributed by atoms with Crippen molar-refractivity contribution < 1.29 is 14.6 Å². The highest BCUT2D eigenvalue weighted by Gasteiger charge is 2.47. The van der Waals surface area contributed by atoms with E-state index in [0.717, 1.165) is 0 Å². The quantitative estimate of drug-likeness (QED) is 0.470. The monoisotopic (exact) mass is 179 g/mol. The first-order valence-electron chi connectivity index (χ1n) is 3.55. The van der Waals surface area contributed by atoms with Crippen LogP contribution in [0.2, 0.25) is 0 Å². The molecule has 0 radical (unpaired) electrons. The molecule has 0 aromatic carbocycles. The van der Waals surface area contributed by atoms with Crippen molar-refractivity contribution in [3.63, 3.8) is 0 Å². The molecule has 5 heteroatoms. The number of hydrogen-bond donors (Lipinski definition) is 2. The SMILES string of the molecule is NC1C(O)C2COC(O2)C1Cl. The molecule has 0 aromatic heterocycles. The van der Waals surface area contributed by atoms with Crippen LogP contribution in [0.1, 0.15) is 0 Å². The lowest BCUT2D eigenvalue weighted by atomic mass is 10.0. The summed E-state index contributed by atoms with van der Waals surface area (Å²) >= 11 is 5.82. The molecule has 2 saturated heterocycles. The fraction of sp³-hybridized carbons (Fsp3) is 1.00. The summed E-state index contributed by atoms with van der Waals surface area (Å²) in [6.07, 6.45) is -1.42. The van der Waals surface area contributed by atoms with Gasteiger partial charge in [-0.05, 0) is 0 Å². The second-order valence-electron chi connectivity index (χ2n) is 2.89. The fourth-order valence-corrected chi connectivity index (χ4v) is 1.69. The van der Waals surface area contributed by atoms with Gasteiger partial charge in [0, 0.05) is 0 Å². The highest BCUT2D eigenvalue weighted by molar-refractivity contribution is 6.21. The predicted molar refractivity (Wildman–Crippen MR) is 38.2 cm³/mol. The first-order chi connectivity index (χ1) is 5.20. The van der Waals surface area contributed by atoms with Gasteiger partial charge in [-0.1, -0.05) is 0 Å². The van der Waals surface area contributed by atoms with E-state index in [4.69, 9.17) is 26.8 Å². The average Bonchev–Trinajstić information content (AvgIpc) is 2.44. The van der Waals surface area contributed by atoms with Crippen LogP contribution in [0.5, 0.6) is 0 Å². The first kappa shape index (κ1) is 7.76. The molecule has 3 N–H and O–H groups in total. The number of fused-ring (bicyclic) bond motifs is 2. The van der Waals surface area contributed by atoms with Gasteiger partial charge in [0.1, 0.15) is 11.5 Å². The third kappa shape index (κ3) is 1.06. The molecule has 2 rings (SSSR count). The molecular weight excluding hydrogens is 170 g/mol. The summed E-state index contributed by atoms with van der Waals surface area (Å²) in [5, 5.41) is 8.98. The van der Waals surface area contributed by atoms with Crippen molar-refractivity contribution >= 4 is 11.6 Å². The number of rotatable bonds is 0. The second kappa shape index (κ2) is 2.57. The zero-order chi connectivity index (χ0) is 8.01. The topological polar surface area (TPSA) is 64.7 Å². The van der Waals surface area contributed by atoms with E-state index in [-0.39, 0.29) is 6.10 Å². The van der Waals surface area contributed by atoms with Crippen molar-refractivity contribution in [3.8, 4) is 0 Å². The van der Waals surface area contributed by atoms with Crippen molar-refractivity contribution in [2.24, 2.45) is 5.73 Å². The molecule has 0 amide bonds. The number of aliphatic hydroxyl groups is 1. The van der Waals surface area contributed by atoms with Gasteiger partial charge in [-0.2, -0.15) is 0 Å². The number of aliphatic hydroxyl groups excluding tert-OH is 1. The lowest BCUT2D eigenvalue weighted by molar-refractivity contribution is -0.123. The molecule has 2 aliphatic heterocycles. The number of halogens is 1. The minimum atomic E-state index is -0.698. The average molecular weight is 180 g/mol. The summed E-state index contributed by atoms with van der Waals surface area (Å²) in [5.41, 5.74) is 5.60. The Kier molecular flexibility index (Phi) is 1.81. The summed E-state index contributed by atoms with van der Waals surface area (Å²) in [7, 11) is 0. The molecule has 0 spiro atoms. The van der Waals surface area contributed by atoms with Crippen molar-refractivity contribution in [3.05, 3.63) is 0 Å². The lowest BCUT2D eigenvalue weighted by Gasteiger charge is -2.32. The third-order valence-electron chi connectivity index (χ3n) is 2.14. The third-order valence-corrected chi connectivity index (χ3v) is 2.63. The molecule has 5 unspecified atom stereocenters. The van der Waals surface area contributed by atoms with Crippen LogP contribution in [0, 0.1) is 0 Å². The summed E-state index contributed by atoms with van der Waals surface area (Å²) in [4.78, 5) is 0. The largest absolute Gasteiger partial charge is 0.389 e. The smallest absolute Gasteiger partial charge is 0.176 e. The van der Waals surface area contributed by atoms with E-state index in [1.807, 2.05) is 0 Å². The molecule has 64 valence electrons. The van der Waals surface area contributed by atoms with Crippen LogP contribution < -0.4 is 5.73 Å². The van der Waals surface area contributed by atoms with Gasteiger partial charge in [0.2, 0.25) is 0 Å². The molecule has 2 fully saturated rings. The van der Waals surface area contributed by atoms with E-state index in [1.165, 1.54) is 0 Å². The maximum absolute atomic E-state index is 9.42. The fourth-order valence-electron chi connectivity index (χ4n) is 1.40. The molecule has 4 nitrogen and oxygen atoms in total. The molecule has 0 saturated carbocycles. The Balaban J connectivity index is 2.16. The van der Waals surface area contributed by atoms with Crippen LogP contribution in [0.25, 0.3) is 0 Å². The van der Waals surface area contributed by atoms with Crippen LogP contribution in [0.4, 0.5) is 0 Å². The Morgan fingerprint density at radius 1 is 1.55 bits per heavy atom. The van der Waals surface area contributed by atoms with Gasteiger partial charge in [-0.15, -0.1) is 11.6 Å². The number of ether oxygens (including phenoxy) is 2. The Morgan fingerprint density at radius 3 is 3.00 bits per heavy atom. The molecule has 0 aliphatic carbocycles. The zero-order valence-corrected chi connectivity index (χ0v) is 6.57. The van der Waals surface area contributed by atoms with Gasteiger partial charge in [0.05, 0.1) is 18.8 Å². The molecular formula is C6H10ClNO3. The van der Waals surface area contributed by atoms with Crippen molar-refractivity contribution in [1.82, 2.24) is 0 Å². The maximum Gasteiger partial charge on any atom is 0.176 e. The minimum absolute atomic E-state index is 0.287. The van der Waals surface area contributed by atoms with Gasteiger partial charge >= 0.3 is 0 Å². The highest BCUT2D eigenvalue weighted by Crippen LogP contribution is 2.29. The van der Waals surface area contributed by atoms with E-state index >= 15 is 0 Å². The molecule has 2 bridgehead atoms. The van der Waals surface area contributed by atoms with Crippen LogP contribution in [-0.2, 0) is 9.47 Å². The summed E-state index contributed by atoms with van der Waals surface area (Å²) < 4.78 is 10.3. The Labute approximate surface area is 69.2 Å². The number of nitrogens with two attached hydrogens (primary N) is 1. The Morgan fingerprint density at radius 2 is 2.27 bits per heavy atom. The Hall–Kier alpha value is 0.130. The predicted octanol–water partition coefficient (Wildman–Crippen LogP) is -0.963. The second-order valence-corrected chi connectivity index (χ2v) is 3.39. The van der Waals surface area contributed by atoms with Gasteiger partial charge < -0.3 is 20.3 Å². The summed E-state index contributed by atoms with van der Waals surface area (Å²) in [5.74, 6) is 0. The van der Waals surface area contributed by atoms with E-state index in [0.29, 0.717) is 6.61 Å². The molecule has 0 aromatic rings. The number of alkyl halides is 1. The van der Waals surface area contributed by atoms with Crippen LogP contribution in [-0.4, -0.2) is 41.6 Å². The molecule has 2 heterocycles. The van der Waals surface area contributed by atoms with Gasteiger partial charge in [0.25, 0.3) is 0 Å². The maximum atomic E-state index is 9.42. The van der Waals surface area contributed by atoms with Crippen molar-refractivity contribution in [1.29, 1.82) is 0 Å². The van der Waals surface area contributed by atoms with E-state index in [1.54, 1.807) is 0 Å². The van der Waals surface area contributed by atoms with Crippen LogP contribution in [0.3, 0.4) is 0 Å². The molecule has 11 heavy (non-hydrogen) atoms. The van der Waals surface area contributed by atoms with Crippen molar-refractivity contribution in [2.75, 3.05) is 6.61 Å². The van der Waals surface area contributed by atoms with Crippen molar-refractivity contribution in [2.45, 2.75) is 29.9 Å². The summed E-state index contributed by atoms with van der Waals surface area (Å²) in [6.45, 7) is 0.392. The van der Waals surface area contributed by atoms with Gasteiger partial charge in [0.15, 0.2) is 6.29 Å². The van der Waals surface area contributed by atoms with Gasteiger partial charge in [-0.25, -0.2) is 0 Å². The minimum Gasteiger partial charge on any atom is -0.389 e. The summed E-state index contributed by atoms with van der Waals surface area (Å²) in [6, 6.07) is -0.442. The normalized spacial score (nSPS) is 56.5. The molecule has 5 atom stereocenters. The highest BCUT2D eigenvalue weighted by atomic mass is 35.5. The Bertz CT molecular complexity index is 148.